The van der Waals surface area contributed by atoms with Crippen LogP contribution in [0.4, 0.5) is 0 Å². The molecule has 0 aliphatic heterocycles. The van der Waals surface area contributed by atoms with E-state index in [9.17, 15) is 4.79 Å². The quantitative estimate of drug-likeness (QED) is 0.535. The van der Waals surface area contributed by atoms with E-state index in [1.165, 1.54) is 25.7 Å². The second kappa shape index (κ2) is 11.8. The molecule has 0 heterocycles. The van der Waals surface area contributed by atoms with E-state index in [-0.39, 0.29) is 0 Å². The molecule has 0 fully saturated rings. The fourth-order valence-electron chi connectivity index (χ4n) is 2.32. The van der Waals surface area contributed by atoms with E-state index < -0.39 is 5.91 Å². The van der Waals surface area contributed by atoms with E-state index in [1.807, 2.05) is 6.07 Å². The molecule has 0 unspecified atom stereocenters. The summed E-state index contributed by atoms with van der Waals surface area (Å²) in [5.41, 5.74) is 5.82. The number of ether oxygens (including phenoxy) is 2. The summed E-state index contributed by atoms with van der Waals surface area (Å²) in [6, 6.07) is 5.21. The van der Waals surface area contributed by atoms with Crippen molar-refractivity contribution in [3.63, 3.8) is 0 Å². The summed E-state index contributed by atoms with van der Waals surface area (Å²) < 4.78 is 11.5. The summed E-state index contributed by atoms with van der Waals surface area (Å²) in [4.78, 5) is 11.4. The molecule has 0 radical (unpaired) electrons. The summed E-state index contributed by atoms with van der Waals surface area (Å²) >= 11 is 0. The predicted molar refractivity (Wildman–Crippen MR) is 94.2 cm³/mol. The zero-order valence-corrected chi connectivity index (χ0v) is 14.6. The van der Waals surface area contributed by atoms with Gasteiger partial charge in [0, 0.05) is 11.6 Å². The van der Waals surface area contributed by atoms with E-state index in [0.717, 1.165) is 25.7 Å². The SMILES string of the molecule is CCCCCCOc1cc(OCCCCCC)cc(C(N)=O)c1. The smallest absolute Gasteiger partial charge is 0.248 e. The van der Waals surface area contributed by atoms with E-state index in [0.29, 0.717) is 30.3 Å². The van der Waals surface area contributed by atoms with Crippen molar-refractivity contribution in [1.82, 2.24) is 0 Å². The Morgan fingerprint density at radius 1 is 0.826 bits per heavy atom. The Labute approximate surface area is 140 Å². The number of carbonyl (C=O) groups excluding carboxylic acids is 1. The van der Waals surface area contributed by atoms with Crippen LogP contribution in [0.15, 0.2) is 18.2 Å². The Bertz CT molecular complexity index is 428. The molecule has 4 nitrogen and oxygen atoms in total. The number of primary amides is 1. The van der Waals surface area contributed by atoms with Crippen LogP contribution < -0.4 is 15.2 Å². The minimum absolute atomic E-state index is 0.430. The van der Waals surface area contributed by atoms with E-state index in [2.05, 4.69) is 13.8 Å². The van der Waals surface area contributed by atoms with Crippen LogP contribution in [0.25, 0.3) is 0 Å². The third-order valence-corrected chi connectivity index (χ3v) is 3.70. The van der Waals surface area contributed by atoms with Crippen molar-refractivity contribution < 1.29 is 14.3 Å². The summed E-state index contributed by atoms with van der Waals surface area (Å²) in [6.07, 6.45) is 9.19. The Kier molecular flexibility index (Phi) is 9.92. The highest BCUT2D eigenvalue weighted by Gasteiger charge is 2.07. The van der Waals surface area contributed by atoms with E-state index in [4.69, 9.17) is 15.2 Å². The highest BCUT2D eigenvalue weighted by molar-refractivity contribution is 5.93. The van der Waals surface area contributed by atoms with Gasteiger partial charge in [-0.05, 0) is 25.0 Å². The molecular formula is C19H31NO3. The fraction of sp³-hybridized carbons (Fsp3) is 0.632. The lowest BCUT2D eigenvalue weighted by Crippen LogP contribution is -2.12. The average molecular weight is 321 g/mol. The minimum atomic E-state index is -0.461. The molecule has 2 N–H and O–H groups in total. The van der Waals surface area contributed by atoms with Crippen LogP contribution in [0.1, 0.15) is 75.6 Å². The van der Waals surface area contributed by atoms with Gasteiger partial charge >= 0.3 is 0 Å². The molecule has 0 atom stereocenters. The molecule has 0 aromatic heterocycles. The number of hydrogen-bond donors (Lipinski definition) is 1. The number of hydrogen-bond acceptors (Lipinski definition) is 3. The zero-order chi connectivity index (χ0) is 16.9. The molecule has 0 aliphatic carbocycles. The molecule has 1 rings (SSSR count). The van der Waals surface area contributed by atoms with Gasteiger partial charge in [0.05, 0.1) is 13.2 Å². The maximum absolute atomic E-state index is 11.4. The fourth-order valence-corrected chi connectivity index (χ4v) is 2.32. The molecule has 0 saturated carbocycles. The molecule has 1 amide bonds. The van der Waals surface area contributed by atoms with Crippen LogP contribution in [0.2, 0.25) is 0 Å². The van der Waals surface area contributed by atoms with Gasteiger partial charge in [-0.15, -0.1) is 0 Å². The van der Waals surface area contributed by atoms with Crippen LogP contribution in [-0.4, -0.2) is 19.1 Å². The first kappa shape index (κ1) is 19.3. The van der Waals surface area contributed by atoms with Crippen LogP contribution in [0.3, 0.4) is 0 Å². The van der Waals surface area contributed by atoms with Crippen molar-refractivity contribution in [3.05, 3.63) is 23.8 Å². The van der Waals surface area contributed by atoms with Crippen LogP contribution in [0.5, 0.6) is 11.5 Å². The predicted octanol–water partition coefficient (Wildman–Crippen LogP) is 4.70. The lowest BCUT2D eigenvalue weighted by atomic mass is 10.2. The lowest BCUT2D eigenvalue weighted by Gasteiger charge is -2.11. The van der Waals surface area contributed by atoms with Crippen molar-refractivity contribution in [2.75, 3.05) is 13.2 Å². The number of rotatable bonds is 13. The highest BCUT2D eigenvalue weighted by Crippen LogP contribution is 2.23. The molecule has 4 heteroatoms. The zero-order valence-electron chi connectivity index (χ0n) is 14.6. The topological polar surface area (TPSA) is 61.6 Å². The van der Waals surface area contributed by atoms with Crippen LogP contribution in [-0.2, 0) is 0 Å². The van der Waals surface area contributed by atoms with Crippen molar-refractivity contribution in [1.29, 1.82) is 0 Å². The number of amides is 1. The van der Waals surface area contributed by atoms with Gasteiger partial charge in [0.1, 0.15) is 11.5 Å². The monoisotopic (exact) mass is 321 g/mol. The first-order chi connectivity index (χ1) is 11.2. The van der Waals surface area contributed by atoms with Gasteiger partial charge in [-0.25, -0.2) is 0 Å². The molecule has 0 bridgehead atoms. The first-order valence-electron chi connectivity index (χ1n) is 8.87. The second-order valence-corrected chi connectivity index (χ2v) is 5.88. The van der Waals surface area contributed by atoms with E-state index >= 15 is 0 Å². The molecule has 0 aliphatic rings. The van der Waals surface area contributed by atoms with Crippen molar-refractivity contribution in [3.8, 4) is 11.5 Å². The molecule has 1 aromatic rings. The third kappa shape index (κ3) is 8.48. The minimum Gasteiger partial charge on any atom is -0.493 e. The Morgan fingerprint density at radius 2 is 1.30 bits per heavy atom. The van der Waals surface area contributed by atoms with Gasteiger partial charge in [0.15, 0.2) is 0 Å². The summed E-state index contributed by atoms with van der Waals surface area (Å²) in [7, 11) is 0. The number of unbranched alkanes of at least 4 members (excludes halogenated alkanes) is 6. The molecule has 23 heavy (non-hydrogen) atoms. The molecular weight excluding hydrogens is 290 g/mol. The van der Waals surface area contributed by atoms with Crippen LogP contribution in [0, 0.1) is 0 Å². The van der Waals surface area contributed by atoms with Crippen molar-refractivity contribution >= 4 is 5.91 Å². The van der Waals surface area contributed by atoms with E-state index in [1.54, 1.807) is 12.1 Å². The standard InChI is InChI=1S/C19H31NO3/c1-3-5-7-9-11-22-17-13-16(19(20)21)14-18(15-17)23-12-10-8-6-4-2/h13-15H,3-12H2,1-2H3,(H2,20,21). The molecule has 0 saturated heterocycles. The van der Waals surface area contributed by atoms with Gasteiger partial charge in [0.2, 0.25) is 5.91 Å². The second-order valence-electron chi connectivity index (χ2n) is 5.88. The molecule has 0 spiro atoms. The van der Waals surface area contributed by atoms with Gasteiger partial charge in [-0.1, -0.05) is 52.4 Å². The van der Waals surface area contributed by atoms with Gasteiger partial charge < -0.3 is 15.2 Å². The van der Waals surface area contributed by atoms with Crippen molar-refractivity contribution in [2.24, 2.45) is 5.73 Å². The Hall–Kier alpha value is -1.71. The Balaban J connectivity index is 2.54. The summed E-state index contributed by atoms with van der Waals surface area (Å²) in [5.74, 6) is 0.847. The normalized spacial score (nSPS) is 10.5. The molecule has 1 aromatic carbocycles. The number of carbonyl (C=O) groups is 1. The molecule has 130 valence electrons. The maximum Gasteiger partial charge on any atom is 0.248 e. The summed E-state index contributed by atoms with van der Waals surface area (Å²) in [5, 5.41) is 0. The number of benzene rings is 1. The maximum atomic E-state index is 11.4. The van der Waals surface area contributed by atoms with Gasteiger partial charge in [0.25, 0.3) is 0 Å². The third-order valence-electron chi connectivity index (χ3n) is 3.70. The van der Waals surface area contributed by atoms with Crippen molar-refractivity contribution in [2.45, 2.75) is 65.2 Å². The average Bonchev–Trinajstić information content (AvgIpc) is 2.54. The largest absolute Gasteiger partial charge is 0.493 e. The number of nitrogens with two attached hydrogens (primary N) is 1. The summed E-state index contributed by atoms with van der Waals surface area (Å²) in [6.45, 7) is 5.67. The van der Waals surface area contributed by atoms with Crippen LogP contribution >= 0.6 is 0 Å². The highest BCUT2D eigenvalue weighted by atomic mass is 16.5. The van der Waals surface area contributed by atoms with Gasteiger partial charge in [-0.3, -0.25) is 4.79 Å². The van der Waals surface area contributed by atoms with Gasteiger partial charge in [-0.2, -0.15) is 0 Å². The Morgan fingerprint density at radius 3 is 1.70 bits per heavy atom. The first-order valence-corrected chi connectivity index (χ1v) is 8.87. The lowest BCUT2D eigenvalue weighted by molar-refractivity contribution is 0.0999.